The Labute approximate surface area is 126 Å². The Hall–Kier alpha value is -2.14. The monoisotopic (exact) mass is 308 g/mol. The van der Waals surface area contributed by atoms with Crippen molar-refractivity contribution in [3.8, 4) is 5.75 Å². The molecule has 2 aromatic rings. The van der Waals surface area contributed by atoms with Crippen molar-refractivity contribution in [2.24, 2.45) is 0 Å². The summed E-state index contributed by atoms with van der Waals surface area (Å²) in [4.78, 5) is 16.0. The van der Waals surface area contributed by atoms with Gasteiger partial charge in [0.05, 0.1) is 13.2 Å². The second-order valence-electron chi connectivity index (χ2n) is 4.43. The van der Waals surface area contributed by atoms with Crippen LogP contribution in [0.1, 0.15) is 29.0 Å². The third kappa shape index (κ3) is 3.70. The van der Waals surface area contributed by atoms with Crippen molar-refractivity contribution >= 4 is 17.5 Å². The van der Waals surface area contributed by atoms with Crippen LogP contribution in [0.25, 0.3) is 0 Å². The molecule has 0 fully saturated rings. The average Bonchev–Trinajstić information content (AvgIpc) is 2.47. The summed E-state index contributed by atoms with van der Waals surface area (Å²) < 4.78 is 18.5. The van der Waals surface area contributed by atoms with Gasteiger partial charge in [0.2, 0.25) is 0 Å². The van der Waals surface area contributed by atoms with E-state index in [1.165, 1.54) is 19.2 Å². The molecular weight excluding hydrogens is 295 g/mol. The number of methoxy groups -OCH3 is 1. The molecule has 6 heteroatoms. The standard InChI is InChI=1S/C15H14ClFN2O2/c1-9(10-6-7-13(21-2)11(17)8-10)18-15(20)12-4-3-5-14(16)19-12/h3-9H,1-2H3,(H,18,20). The Morgan fingerprint density at radius 3 is 2.76 bits per heavy atom. The Bertz CT molecular complexity index is 664. The van der Waals surface area contributed by atoms with Crippen LogP contribution in [0.4, 0.5) is 4.39 Å². The molecule has 0 saturated carbocycles. The first-order valence-corrected chi connectivity index (χ1v) is 6.66. The maximum Gasteiger partial charge on any atom is 0.270 e. The highest BCUT2D eigenvalue weighted by Crippen LogP contribution is 2.21. The van der Waals surface area contributed by atoms with Crippen molar-refractivity contribution in [2.75, 3.05) is 7.11 Å². The molecule has 1 amide bonds. The van der Waals surface area contributed by atoms with Crippen LogP contribution < -0.4 is 10.1 Å². The molecule has 21 heavy (non-hydrogen) atoms. The van der Waals surface area contributed by atoms with Gasteiger partial charge in [0.15, 0.2) is 11.6 Å². The quantitative estimate of drug-likeness (QED) is 0.881. The van der Waals surface area contributed by atoms with Gasteiger partial charge in [-0.2, -0.15) is 0 Å². The molecule has 0 aliphatic carbocycles. The van der Waals surface area contributed by atoms with E-state index in [-0.39, 0.29) is 28.5 Å². The molecular formula is C15H14ClFN2O2. The molecule has 1 heterocycles. The van der Waals surface area contributed by atoms with Crippen molar-refractivity contribution in [1.82, 2.24) is 10.3 Å². The van der Waals surface area contributed by atoms with Gasteiger partial charge in [-0.15, -0.1) is 0 Å². The fourth-order valence-corrected chi connectivity index (χ4v) is 2.00. The lowest BCUT2D eigenvalue weighted by Crippen LogP contribution is -2.27. The Kier molecular flexibility index (Phi) is 4.75. The zero-order chi connectivity index (χ0) is 15.4. The Morgan fingerprint density at radius 2 is 2.14 bits per heavy atom. The lowest BCUT2D eigenvalue weighted by molar-refractivity contribution is 0.0935. The third-order valence-corrected chi connectivity index (χ3v) is 3.18. The Morgan fingerprint density at radius 1 is 1.38 bits per heavy atom. The highest BCUT2D eigenvalue weighted by atomic mass is 35.5. The van der Waals surface area contributed by atoms with Gasteiger partial charge in [0.25, 0.3) is 5.91 Å². The molecule has 1 aromatic carbocycles. The van der Waals surface area contributed by atoms with Crippen LogP contribution in [0.5, 0.6) is 5.75 Å². The maximum atomic E-state index is 13.7. The second kappa shape index (κ2) is 6.54. The molecule has 0 aliphatic heterocycles. The number of hydrogen-bond acceptors (Lipinski definition) is 3. The first kappa shape index (κ1) is 15.3. The van der Waals surface area contributed by atoms with Crippen molar-refractivity contribution in [1.29, 1.82) is 0 Å². The van der Waals surface area contributed by atoms with Gasteiger partial charge in [0.1, 0.15) is 10.8 Å². The van der Waals surface area contributed by atoms with Gasteiger partial charge in [-0.05, 0) is 36.8 Å². The zero-order valence-electron chi connectivity index (χ0n) is 11.6. The van der Waals surface area contributed by atoms with Crippen LogP contribution >= 0.6 is 11.6 Å². The number of hydrogen-bond donors (Lipinski definition) is 1. The molecule has 0 aliphatic rings. The molecule has 1 N–H and O–H groups in total. The normalized spacial score (nSPS) is 11.8. The van der Waals surface area contributed by atoms with Crippen LogP contribution in [-0.2, 0) is 0 Å². The van der Waals surface area contributed by atoms with E-state index in [0.29, 0.717) is 5.56 Å². The van der Waals surface area contributed by atoms with Crippen molar-refractivity contribution < 1.29 is 13.9 Å². The van der Waals surface area contributed by atoms with Gasteiger partial charge in [0, 0.05) is 0 Å². The van der Waals surface area contributed by atoms with Crippen LogP contribution in [0.15, 0.2) is 36.4 Å². The average molecular weight is 309 g/mol. The molecule has 0 radical (unpaired) electrons. The van der Waals surface area contributed by atoms with E-state index in [9.17, 15) is 9.18 Å². The van der Waals surface area contributed by atoms with Gasteiger partial charge >= 0.3 is 0 Å². The lowest BCUT2D eigenvalue weighted by atomic mass is 10.1. The lowest BCUT2D eigenvalue weighted by Gasteiger charge is -2.15. The first-order chi connectivity index (χ1) is 10.0. The number of pyridine rings is 1. The smallest absolute Gasteiger partial charge is 0.270 e. The molecule has 0 spiro atoms. The summed E-state index contributed by atoms with van der Waals surface area (Å²) in [5.41, 5.74) is 0.840. The number of rotatable bonds is 4. The summed E-state index contributed by atoms with van der Waals surface area (Å²) in [6.07, 6.45) is 0. The summed E-state index contributed by atoms with van der Waals surface area (Å²) in [5, 5.41) is 2.98. The number of ether oxygens (including phenoxy) is 1. The molecule has 0 saturated heterocycles. The Balaban J connectivity index is 2.12. The molecule has 0 bridgehead atoms. The topological polar surface area (TPSA) is 51.2 Å². The third-order valence-electron chi connectivity index (χ3n) is 2.97. The number of aromatic nitrogens is 1. The molecule has 2 rings (SSSR count). The van der Waals surface area contributed by atoms with Gasteiger partial charge in [-0.25, -0.2) is 9.37 Å². The van der Waals surface area contributed by atoms with Crippen LogP contribution in [0.2, 0.25) is 5.15 Å². The maximum absolute atomic E-state index is 13.7. The van der Waals surface area contributed by atoms with E-state index in [1.54, 1.807) is 31.2 Å². The van der Waals surface area contributed by atoms with Crippen LogP contribution in [-0.4, -0.2) is 18.0 Å². The van der Waals surface area contributed by atoms with Crippen molar-refractivity contribution in [3.63, 3.8) is 0 Å². The largest absolute Gasteiger partial charge is 0.494 e. The van der Waals surface area contributed by atoms with Crippen molar-refractivity contribution in [3.05, 3.63) is 58.6 Å². The second-order valence-corrected chi connectivity index (χ2v) is 4.82. The number of nitrogens with zero attached hydrogens (tertiary/aromatic N) is 1. The number of carbonyl (C=O) groups excluding carboxylic acids is 1. The molecule has 1 atom stereocenters. The number of benzene rings is 1. The van der Waals surface area contributed by atoms with E-state index in [1.807, 2.05) is 0 Å². The van der Waals surface area contributed by atoms with E-state index >= 15 is 0 Å². The summed E-state index contributed by atoms with van der Waals surface area (Å²) >= 11 is 5.74. The van der Waals surface area contributed by atoms with E-state index in [2.05, 4.69) is 10.3 Å². The molecule has 1 aromatic heterocycles. The zero-order valence-corrected chi connectivity index (χ0v) is 12.3. The summed E-state index contributed by atoms with van der Waals surface area (Å²) in [6, 6.07) is 8.95. The SMILES string of the molecule is COc1ccc(C(C)NC(=O)c2cccc(Cl)n2)cc1F. The molecule has 4 nitrogen and oxygen atoms in total. The van der Waals surface area contributed by atoms with E-state index in [0.717, 1.165) is 0 Å². The van der Waals surface area contributed by atoms with Crippen LogP contribution in [0.3, 0.4) is 0 Å². The minimum absolute atomic E-state index is 0.161. The van der Waals surface area contributed by atoms with E-state index in [4.69, 9.17) is 16.3 Å². The predicted octanol–water partition coefficient (Wildman–Crippen LogP) is 3.37. The summed E-state index contributed by atoms with van der Waals surface area (Å²) in [5.74, 6) is -0.688. The minimum atomic E-state index is -0.475. The highest BCUT2D eigenvalue weighted by Gasteiger charge is 2.14. The highest BCUT2D eigenvalue weighted by molar-refractivity contribution is 6.29. The number of nitrogens with one attached hydrogen (secondary N) is 1. The number of carbonyl (C=O) groups is 1. The molecule has 1 unspecified atom stereocenters. The molecule has 110 valence electrons. The van der Waals surface area contributed by atoms with Gasteiger partial charge in [-0.3, -0.25) is 4.79 Å². The van der Waals surface area contributed by atoms with Crippen molar-refractivity contribution in [2.45, 2.75) is 13.0 Å². The summed E-state index contributed by atoms with van der Waals surface area (Å²) in [7, 11) is 1.40. The fourth-order valence-electron chi connectivity index (χ4n) is 1.84. The minimum Gasteiger partial charge on any atom is -0.494 e. The number of halogens is 2. The van der Waals surface area contributed by atoms with E-state index < -0.39 is 5.82 Å². The summed E-state index contributed by atoms with van der Waals surface area (Å²) in [6.45, 7) is 1.75. The first-order valence-electron chi connectivity index (χ1n) is 6.28. The van der Waals surface area contributed by atoms with Gasteiger partial charge in [-0.1, -0.05) is 23.7 Å². The fraction of sp³-hybridized carbons (Fsp3) is 0.200. The van der Waals surface area contributed by atoms with Gasteiger partial charge < -0.3 is 10.1 Å². The van der Waals surface area contributed by atoms with Crippen LogP contribution in [0, 0.1) is 5.82 Å². The predicted molar refractivity (Wildman–Crippen MR) is 78.1 cm³/mol. The number of amides is 1.